The van der Waals surface area contributed by atoms with Gasteiger partial charge in [-0.1, -0.05) is 0 Å². The summed E-state index contributed by atoms with van der Waals surface area (Å²) < 4.78 is 7.46. The molecule has 3 heteroatoms. The normalized spacial score (nSPS) is 14.5. The van der Waals surface area contributed by atoms with Crippen molar-refractivity contribution >= 4 is 5.52 Å². The number of aryl methyl sites for hydroxylation is 1. The number of pyridine rings is 1. The third-order valence-corrected chi connectivity index (χ3v) is 2.52. The number of hydrogen-bond acceptors (Lipinski definition) is 2. The average Bonchev–Trinajstić information content (AvgIpc) is 2.70. The molecule has 66 valence electrons. The molecule has 13 heavy (non-hydrogen) atoms. The van der Waals surface area contributed by atoms with E-state index < -0.39 is 0 Å². The van der Waals surface area contributed by atoms with Gasteiger partial charge < -0.3 is 4.74 Å². The summed E-state index contributed by atoms with van der Waals surface area (Å²) in [5, 5.41) is 4.23. The van der Waals surface area contributed by atoms with Crippen LogP contribution in [-0.4, -0.2) is 16.2 Å². The number of nitrogens with zero attached hydrogens (tertiary/aromatic N) is 2. The highest BCUT2D eigenvalue weighted by Gasteiger charge is 2.17. The van der Waals surface area contributed by atoms with Gasteiger partial charge >= 0.3 is 0 Å². The van der Waals surface area contributed by atoms with E-state index in [1.165, 1.54) is 11.1 Å². The quantitative estimate of drug-likeness (QED) is 0.606. The van der Waals surface area contributed by atoms with Crippen molar-refractivity contribution in [1.29, 1.82) is 0 Å². The summed E-state index contributed by atoms with van der Waals surface area (Å²) in [5.74, 6) is 1.03. The van der Waals surface area contributed by atoms with Crippen molar-refractivity contribution in [3.05, 3.63) is 29.6 Å². The Kier molecular flexibility index (Phi) is 1.20. The fourth-order valence-corrected chi connectivity index (χ4v) is 1.85. The van der Waals surface area contributed by atoms with E-state index in [-0.39, 0.29) is 0 Å². The summed E-state index contributed by atoms with van der Waals surface area (Å²) in [6.07, 6.45) is 4.89. The predicted octanol–water partition coefficient (Wildman–Crippen LogP) is 1.58. The molecule has 1 aliphatic rings. The van der Waals surface area contributed by atoms with Crippen LogP contribution in [0.4, 0.5) is 0 Å². The summed E-state index contributed by atoms with van der Waals surface area (Å²) in [6, 6.07) is 2.09. The highest BCUT2D eigenvalue weighted by Crippen LogP contribution is 2.31. The van der Waals surface area contributed by atoms with E-state index in [0.717, 1.165) is 24.3 Å². The minimum absolute atomic E-state index is 0.805. The third-order valence-electron chi connectivity index (χ3n) is 2.52. The van der Waals surface area contributed by atoms with Crippen LogP contribution in [0.25, 0.3) is 5.52 Å². The van der Waals surface area contributed by atoms with Gasteiger partial charge in [-0.05, 0) is 18.6 Å². The van der Waals surface area contributed by atoms with E-state index in [4.69, 9.17) is 4.74 Å². The minimum Gasteiger partial charge on any atom is -0.491 e. The van der Waals surface area contributed by atoms with Gasteiger partial charge in [-0.15, -0.1) is 0 Å². The first-order chi connectivity index (χ1) is 6.36. The van der Waals surface area contributed by atoms with Crippen LogP contribution in [0.1, 0.15) is 11.1 Å². The molecule has 0 aliphatic carbocycles. The SMILES string of the molecule is Cc1cnn2ccc3c(c12)OCC3. The van der Waals surface area contributed by atoms with Gasteiger partial charge in [0.1, 0.15) is 11.3 Å². The largest absolute Gasteiger partial charge is 0.491 e. The smallest absolute Gasteiger partial charge is 0.148 e. The Morgan fingerprint density at radius 3 is 3.38 bits per heavy atom. The Morgan fingerprint density at radius 1 is 1.54 bits per heavy atom. The van der Waals surface area contributed by atoms with Crippen molar-refractivity contribution in [3.8, 4) is 5.75 Å². The predicted molar refractivity (Wildman–Crippen MR) is 49.1 cm³/mol. The molecule has 2 aromatic rings. The summed E-state index contributed by atoms with van der Waals surface area (Å²) in [7, 11) is 0. The molecule has 0 saturated heterocycles. The summed E-state index contributed by atoms with van der Waals surface area (Å²) in [6.45, 7) is 2.86. The second-order valence-electron chi connectivity index (χ2n) is 3.39. The Hall–Kier alpha value is -1.51. The van der Waals surface area contributed by atoms with E-state index in [1.54, 1.807) is 0 Å². The van der Waals surface area contributed by atoms with Gasteiger partial charge in [-0.25, -0.2) is 4.52 Å². The molecule has 1 aliphatic heterocycles. The van der Waals surface area contributed by atoms with Crippen LogP contribution in [0.15, 0.2) is 18.5 Å². The second kappa shape index (κ2) is 2.25. The molecule has 3 nitrogen and oxygen atoms in total. The fraction of sp³-hybridized carbons (Fsp3) is 0.300. The molecular formula is C10H10N2O. The maximum Gasteiger partial charge on any atom is 0.148 e. The average molecular weight is 174 g/mol. The molecule has 3 rings (SSSR count). The Labute approximate surface area is 75.9 Å². The second-order valence-corrected chi connectivity index (χ2v) is 3.39. The number of rotatable bonds is 0. The Bertz CT molecular complexity index is 473. The van der Waals surface area contributed by atoms with Crippen LogP contribution in [0.3, 0.4) is 0 Å². The van der Waals surface area contributed by atoms with Gasteiger partial charge in [0.15, 0.2) is 0 Å². The van der Waals surface area contributed by atoms with Gasteiger partial charge in [0.25, 0.3) is 0 Å². The lowest BCUT2D eigenvalue weighted by molar-refractivity contribution is 0.359. The topological polar surface area (TPSA) is 26.5 Å². The van der Waals surface area contributed by atoms with Crippen molar-refractivity contribution in [2.75, 3.05) is 6.61 Å². The van der Waals surface area contributed by atoms with Gasteiger partial charge in [-0.2, -0.15) is 5.10 Å². The molecule has 0 N–H and O–H groups in total. The zero-order valence-corrected chi connectivity index (χ0v) is 7.45. The first-order valence-electron chi connectivity index (χ1n) is 4.45. The van der Waals surface area contributed by atoms with Gasteiger partial charge in [0.05, 0.1) is 12.8 Å². The zero-order chi connectivity index (χ0) is 8.84. The number of ether oxygens (including phenoxy) is 1. The van der Waals surface area contributed by atoms with E-state index in [9.17, 15) is 0 Å². The lowest BCUT2D eigenvalue weighted by Crippen LogP contribution is -1.90. The molecule has 0 spiro atoms. The first kappa shape index (κ1) is 6.95. The van der Waals surface area contributed by atoms with Crippen LogP contribution >= 0.6 is 0 Å². The van der Waals surface area contributed by atoms with Gasteiger partial charge in [0, 0.05) is 18.2 Å². The number of aromatic nitrogens is 2. The molecule has 0 bridgehead atoms. The summed E-state index contributed by atoms with van der Waals surface area (Å²) in [4.78, 5) is 0. The number of fused-ring (bicyclic) bond motifs is 3. The van der Waals surface area contributed by atoms with Crippen LogP contribution in [0, 0.1) is 6.92 Å². The molecule has 0 saturated carbocycles. The minimum atomic E-state index is 0.805. The van der Waals surface area contributed by atoms with E-state index in [1.807, 2.05) is 16.9 Å². The van der Waals surface area contributed by atoms with Crippen LogP contribution in [0.5, 0.6) is 5.75 Å². The zero-order valence-electron chi connectivity index (χ0n) is 7.45. The molecule has 0 unspecified atom stereocenters. The van der Waals surface area contributed by atoms with Crippen molar-refractivity contribution < 1.29 is 4.74 Å². The molecule has 0 aromatic carbocycles. The van der Waals surface area contributed by atoms with Crippen molar-refractivity contribution in [2.24, 2.45) is 0 Å². The number of hydrogen-bond donors (Lipinski definition) is 0. The van der Waals surface area contributed by atoms with Crippen LogP contribution in [-0.2, 0) is 6.42 Å². The molecule has 3 heterocycles. The molecule has 0 radical (unpaired) electrons. The fourth-order valence-electron chi connectivity index (χ4n) is 1.85. The summed E-state index contributed by atoms with van der Waals surface area (Å²) in [5.41, 5.74) is 3.60. The van der Waals surface area contributed by atoms with Gasteiger partial charge in [-0.3, -0.25) is 0 Å². The Balaban J connectivity index is 2.47. The summed E-state index contributed by atoms with van der Waals surface area (Å²) >= 11 is 0. The standard InChI is InChI=1S/C10H10N2O/c1-7-6-11-12-4-2-8-3-5-13-10(8)9(7)12/h2,4,6H,3,5H2,1H3. The monoisotopic (exact) mass is 174 g/mol. The van der Waals surface area contributed by atoms with Crippen LogP contribution < -0.4 is 4.74 Å². The van der Waals surface area contributed by atoms with Crippen molar-refractivity contribution in [3.63, 3.8) is 0 Å². The first-order valence-corrected chi connectivity index (χ1v) is 4.45. The highest BCUT2D eigenvalue weighted by molar-refractivity contribution is 5.68. The molecule has 2 aromatic heterocycles. The lowest BCUT2D eigenvalue weighted by atomic mass is 10.2. The maximum atomic E-state index is 5.59. The third kappa shape index (κ3) is 0.813. The molecule has 0 fully saturated rings. The van der Waals surface area contributed by atoms with E-state index in [0.29, 0.717) is 0 Å². The molecule has 0 amide bonds. The molecule has 0 atom stereocenters. The maximum absolute atomic E-state index is 5.59. The van der Waals surface area contributed by atoms with E-state index >= 15 is 0 Å². The lowest BCUT2D eigenvalue weighted by Gasteiger charge is -2.01. The van der Waals surface area contributed by atoms with Gasteiger partial charge in [0.2, 0.25) is 0 Å². The highest BCUT2D eigenvalue weighted by atomic mass is 16.5. The van der Waals surface area contributed by atoms with E-state index in [2.05, 4.69) is 18.1 Å². The van der Waals surface area contributed by atoms with Crippen LogP contribution in [0.2, 0.25) is 0 Å². The van der Waals surface area contributed by atoms with Crippen molar-refractivity contribution in [2.45, 2.75) is 13.3 Å². The van der Waals surface area contributed by atoms with Crippen molar-refractivity contribution in [1.82, 2.24) is 9.61 Å². The Morgan fingerprint density at radius 2 is 2.46 bits per heavy atom. The molecular weight excluding hydrogens is 164 g/mol.